The van der Waals surface area contributed by atoms with Crippen LogP contribution in [0.5, 0.6) is 5.75 Å². The van der Waals surface area contributed by atoms with Gasteiger partial charge in [0.1, 0.15) is 5.75 Å². The standard InChI is InChI=1S/C20H24N2O2S.ClH/c1-21(2)12-13-22-17-6-4-5-7-18(17)25-19(14-20(22)23)15-8-10-16(24-3)11-9-15;/h4-11,19H,12-14H2,1-3H3;1H. The van der Waals surface area contributed by atoms with Gasteiger partial charge in [0.05, 0.1) is 12.8 Å². The second-order valence-corrected chi connectivity index (χ2v) is 7.64. The number of nitrogens with zero attached hydrogens (tertiary/aromatic N) is 2. The molecule has 0 N–H and O–H groups in total. The number of carbonyl (C=O) groups is 1. The number of benzene rings is 2. The minimum absolute atomic E-state index is 0. The molecule has 1 atom stereocenters. The van der Waals surface area contributed by atoms with Crippen molar-refractivity contribution in [3.8, 4) is 5.75 Å². The zero-order chi connectivity index (χ0) is 17.8. The summed E-state index contributed by atoms with van der Waals surface area (Å²) in [5.74, 6) is 1.02. The molecule has 0 bridgehead atoms. The van der Waals surface area contributed by atoms with E-state index < -0.39 is 0 Å². The Kier molecular flexibility index (Phi) is 7.38. The van der Waals surface area contributed by atoms with Crippen molar-refractivity contribution in [2.45, 2.75) is 16.6 Å². The average molecular weight is 393 g/mol. The van der Waals surface area contributed by atoms with Crippen LogP contribution in [0, 0.1) is 0 Å². The Bertz CT molecular complexity index is 737. The van der Waals surface area contributed by atoms with Crippen LogP contribution < -0.4 is 9.64 Å². The van der Waals surface area contributed by atoms with Crippen molar-refractivity contribution in [2.75, 3.05) is 39.2 Å². The summed E-state index contributed by atoms with van der Waals surface area (Å²) in [5.41, 5.74) is 2.18. The van der Waals surface area contributed by atoms with E-state index in [0.29, 0.717) is 13.0 Å². The Balaban J connectivity index is 0.00000243. The molecule has 140 valence electrons. The highest BCUT2D eigenvalue weighted by Crippen LogP contribution is 2.45. The summed E-state index contributed by atoms with van der Waals surface area (Å²) in [6.07, 6.45) is 0.499. The number of fused-ring (bicyclic) bond motifs is 1. The van der Waals surface area contributed by atoms with E-state index in [9.17, 15) is 4.79 Å². The summed E-state index contributed by atoms with van der Waals surface area (Å²) >= 11 is 1.77. The van der Waals surface area contributed by atoms with E-state index in [1.165, 1.54) is 0 Å². The molecular formula is C20H25ClN2O2S. The molecule has 1 unspecified atom stereocenters. The first-order chi connectivity index (χ1) is 12.1. The normalized spacial score (nSPS) is 16.7. The van der Waals surface area contributed by atoms with Gasteiger partial charge < -0.3 is 14.5 Å². The third-order valence-electron chi connectivity index (χ3n) is 4.34. The van der Waals surface area contributed by atoms with Crippen molar-refractivity contribution in [1.82, 2.24) is 4.90 Å². The largest absolute Gasteiger partial charge is 0.497 e. The molecule has 0 saturated heterocycles. The Hall–Kier alpha value is -1.69. The van der Waals surface area contributed by atoms with E-state index in [1.54, 1.807) is 18.9 Å². The van der Waals surface area contributed by atoms with Crippen molar-refractivity contribution in [3.63, 3.8) is 0 Å². The van der Waals surface area contributed by atoms with Crippen molar-refractivity contribution >= 4 is 35.8 Å². The summed E-state index contributed by atoms with van der Waals surface area (Å²) in [4.78, 5) is 18.2. The number of para-hydroxylation sites is 1. The van der Waals surface area contributed by atoms with Gasteiger partial charge in [-0.1, -0.05) is 24.3 Å². The van der Waals surface area contributed by atoms with Crippen LogP contribution in [-0.4, -0.2) is 45.1 Å². The van der Waals surface area contributed by atoms with Crippen molar-refractivity contribution < 1.29 is 9.53 Å². The molecular weight excluding hydrogens is 368 g/mol. The maximum atomic E-state index is 13.0. The first-order valence-corrected chi connectivity index (χ1v) is 9.31. The fourth-order valence-electron chi connectivity index (χ4n) is 2.93. The number of thioether (sulfide) groups is 1. The summed E-state index contributed by atoms with van der Waals surface area (Å²) in [6, 6.07) is 16.2. The third kappa shape index (κ3) is 4.72. The minimum atomic E-state index is 0. The summed E-state index contributed by atoms with van der Waals surface area (Å²) in [6.45, 7) is 1.55. The van der Waals surface area contributed by atoms with E-state index in [2.05, 4.69) is 23.1 Å². The number of methoxy groups -OCH3 is 1. The average Bonchev–Trinajstić information content (AvgIpc) is 2.76. The highest BCUT2D eigenvalue weighted by molar-refractivity contribution is 7.99. The molecule has 0 spiro atoms. The van der Waals surface area contributed by atoms with E-state index in [0.717, 1.165) is 28.4 Å². The van der Waals surface area contributed by atoms with Gasteiger partial charge in [-0.2, -0.15) is 0 Å². The van der Waals surface area contributed by atoms with Gasteiger partial charge in [-0.3, -0.25) is 4.79 Å². The topological polar surface area (TPSA) is 32.8 Å². The first kappa shape index (κ1) is 20.6. The highest BCUT2D eigenvalue weighted by Gasteiger charge is 2.29. The lowest BCUT2D eigenvalue weighted by molar-refractivity contribution is -0.118. The lowest BCUT2D eigenvalue weighted by Crippen LogP contribution is -2.36. The molecule has 0 fully saturated rings. The smallest absolute Gasteiger partial charge is 0.228 e. The molecule has 1 aliphatic heterocycles. The van der Waals surface area contributed by atoms with Gasteiger partial charge in [-0.05, 0) is 43.9 Å². The maximum absolute atomic E-state index is 13.0. The molecule has 3 rings (SSSR count). The van der Waals surface area contributed by atoms with Gasteiger partial charge in [0.15, 0.2) is 0 Å². The Labute approximate surface area is 165 Å². The molecule has 1 amide bonds. The first-order valence-electron chi connectivity index (χ1n) is 8.43. The number of likely N-dealkylation sites (N-methyl/N-ethyl adjacent to an activating group) is 1. The zero-order valence-electron chi connectivity index (χ0n) is 15.3. The predicted molar refractivity (Wildman–Crippen MR) is 111 cm³/mol. The van der Waals surface area contributed by atoms with Crippen LogP contribution in [0.25, 0.3) is 0 Å². The zero-order valence-corrected chi connectivity index (χ0v) is 17.0. The van der Waals surface area contributed by atoms with Gasteiger partial charge >= 0.3 is 0 Å². The number of hydrogen-bond donors (Lipinski definition) is 0. The monoisotopic (exact) mass is 392 g/mol. The molecule has 4 nitrogen and oxygen atoms in total. The molecule has 2 aromatic carbocycles. The molecule has 2 aromatic rings. The fraction of sp³-hybridized carbons (Fsp3) is 0.350. The molecule has 0 saturated carbocycles. The van der Waals surface area contributed by atoms with Crippen molar-refractivity contribution in [3.05, 3.63) is 54.1 Å². The van der Waals surface area contributed by atoms with Crippen molar-refractivity contribution in [1.29, 1.82) is 0 Å². The number of ether oxygens (including phenoxy) is 1. The molecule has 0 aliphatic carbocycles. The van der Waals surface area contributed by atoms with Crippen LogP contribution in [0.2, 0.25) is 0 Å². The second-order valence-electron chi connectivity index (χ2n) is 6.40. The maximum Gasteiger partial charge on any atom is 0.228 e. The quantitative estimate of drug-likeness (QED) is 0.761. The van der Waals surface area contributed by atoms with E-state index in [4.69, 9.17) is 4.74 Å². The number of anilines is 1. The SMILES string of the molecule is COc1ccc(C2CC(=O)N(CCN(C)C)c3ccccc3S2)cc1.Cl. The molecule has 0 aromatic heterocycles. The molecule has 0 radical (unpaired) electrons. The van der Waals surface area contributed by atoms with Crippen LogP contribution in [0.1, 0.15) is 17.2 Å². The number of carbonyl (C=O) groups excluding carboxylic acids is 1. The highest BCUT2D eigenvalue weighted by atomic mass is 35.5. The van der Waals surface area contributed by atoms with Crippen LogP contribution >= 0.6 is 24.2 Å². The number of hydrogen-bond acceptors (Lipinski definition) is 4. The Morgan fingerprint density at radius 2 is 1.85 bits per heavy atom. The lowest BCUT2D eigenvalue weighted by atomic mass is 10.1. The van der Waals surface area contributed by atoms with E-state index in [1.807, 2.05) is 49.3 Å². The third-order valence-corrected chi connectivity index (χ3v) is 5.67. The summed E-state index contributed by atoms with van der Waals surface area (Å²) in [7, 11) is 5.73. The number of amides is 1. The molecule has 6 heteroatoms. The van der Waals surface area contributed by atoms with Gasteiger partial charge in [0.25, 0.3) is 0 Å². The predicted octanol–water partition coefficient (Wildman–Crippen LogP) is 4.25. The molecule has 1 heterocycles. The molecule has 1 aliphatic rings. The van der Waals surface area contributed by atoms with Gasteiger partial charge in [0.2, 0.25) is 5.91 Å². The Morgan fingerprint density at radius 1 is 1.15 bits per heavy atom. The Morgan fingerprint density at radius 3 is 2.50 bits per heavy atom. The lowest BCUT2D eigenvalue weighted by Gasteiger charge is -2.24. The van der Waals surface area contributed by atoms with Crippen molar-refractivity contribution in [2.24, 2.45) is 0 Å². The van der Waals surface area contributed by atoms with Crippen LogP contribution in [-0.2, 0) is 4.79 Å². The second kappa shape index (κ2) is 9.31. The van der Waals surface area contributed by atoms with E-state index in [-0.39, 0.29) is 23.6 Å². The van der Waals surface area contributed by atoms with Crippen LogP contribution in [0.15, 0.2) is 53.4 Å². The van der Waals surface area contributed by atoms with Crippen LogP contribution in [0.3, 0.4) is 0 Å². The van der Waals surface area contributed by atoms with Gasteiger partial charge in [-0.15, -0.1) is 24.2 Å². The van der Waals surface area contributed by atoms with Gasteiger partial charge in [0, 0.05) is 29.7 Å². The summed E-state index contributed by atoms with van der Waals surface area (Å²) < 4.78 is 5.24. The van der Waals surface area contributed by atoms with E-state index >= 15 is 0 Å². The number of rotatable bonds is 5. The number of halogens is 1. The fourth-order valence-corrected chi connectivity index (χ4v) is 4.21. The summed E-state index contributed by atoms with van der Waals surface area (Å²) in [5, 5.41) is 0.115. The van der Waals surface area contributed by atoms with Gasteiger partial charge in [-0.25, -0.2) is 0 Å². The van der Waals surface area contributed by atoms with Crippen LogP contribution in [0.4, 0.5) is 5.69 Å². The minimum Gasteiger partial charge on any atom is -0.497 e. The molecule has 26 heavy (non-hydrogen) atoms.